The maximum Gasteiger partial charge on any atom is 0.268 e. The molecule has 1 N–H and O–H groups in total. The maximum absolute atomic E-state index is 13.3. The summed E-state index contributed by atoms with van der Waals surface area (Å²) in [5, 5.41) is 20.5. The van der Waals surface area contributed by atoms with Crippen molar-refractivity contribution < 1.29 is 9.90 Å². The Bertz CT molecular complexity index is 1020. The minimum absolute atomic E-state index is 0.292. The van der Waals surface area contributed by atoms with Gasteiger partial charge in [0.25, 0.3) is 5.91 Å². The molecule has 0 spiro atoms. The molecule has 1 heterocycles. The van der Waals surface area contributed by atoms with E-state index in [0.29, 0.717) is 28.9 Å². The maximum atomic E-state index is 13.3. The molecule has 0 aromatic heterocycles. The van der Waals surface area contributed by atoms with Gasteiger partial charge in [-0.2, -0.15) is 5.26 Å². The first kappa shape index (κ1) is 16.1. The lowest BCUT2D eigenvalue weighted by Crippen LogP contribution is -2.40. The Labute approximate surface area is 151 Å². The Morgan fingerprint density at radius 2 is 1.69 bits per heavy atom. The summed E-state index contributed by atoms with van der Waals surface area (Å²) in [6.45, 7) is 0.292. The Kier molecular flexibility index (Phi) is 3.80. The number of rotatable bonds is 3. The van der Waals surface area contributed by atoms with Gasteiger partial charge >= 0.3 is 0 Å². The van der Waals surface area contributed by atoms with Crippen LogP contribution in [-0.2, 0) is 16.9 Å². The van der Waals surface area contributed by atoms with Gasteiger partial charge in [-0.25, -0.2) is 0 Å². The molecule has 0 saturated carbocycles. The van der Waals surface area contributed by atoms with E-state index in [4.69, 9.17) is 5.26 Å². The van der Waals surface area contributed by atoms with E-state index >= 15 is 0 Å². The molecule has 3 aromatic rings. The third kappa shape index (κ3) is 2.38. The molecule has 0 fully saturated rings. The number of hydrogen-bond acceptors (Lipinski definition) is 3. The van der Waals surface area contributed by atoms with E-state index in [1.54, 1.807) is 41.3 Å². The average molecular weight is 340 g/mol. The Morgan fingerprint density at radius 1 is 0.962 bits per heavy atom. The van der Waals surface area contributed by atoms with Crippen LogP contribution in [-0.4, -0.2) is 11.0 Å². The van der Waals surface area contributed by atoms with Gasteiger partial charge in [-0.1, -0.05) is 60.7 Å². The summed E-state index contributed by atoms with van der Waals surface area (Å²) >= 11 is 0. The van der Waals surface area contributed by atoms with Crippen LogP contribution in [0.1, 0.15) is 22.3 Å². The van der Waals surface area contributed by atoms with Gasteiger partial charge in [0, 0.05) is 5.56 Å². The quantitative estimate of drug-likeness (QED) is 0.795. The summed E-state index contributed by atoms with van der Waals surface area (Å²) in [6, 6.07) is 25.5. The standard InChI is InChI=1S/C22H16N2O2/c23-14-16-7-6-8-17(13-16)15-24-20-12-5-4-11-19(20)22(26,21(24)25)18-9-2-1-3-10-18/h1-13,26H,15H2/t22-/m0/s1. The van der Waals surface area contributed by atoms with E-state index in [9.17, 15) is 9.90 Å². The van der Waals surface area contributed by atoms with Crippen LogP contribution in [0.15, 0.2) is 78.9 Å². The van der Waals surface area contributed by atoms with E-state index in [1.807, 2.05) is 42.5 Å². The Hall–Kier alpha value is -3.42. The number of nitriles is 1. The smallest absolute Gasteiger partial charge is 0.268 e. The van der Waals surface area contributed by atoms with Gasteiger partial charge in [-0.05, 0) is 29.3 Å². The number of nitrogens with zero attached hydrogens (tertiary/aromatic N) is 2. The lowest BCUT2D eigenvalue weighted by atomic mass is 9.88. The highest BCUT2D eigenvalue weighted by molar-refractivity contribution is 6.09. The van der Waals surface area contributed by atoms with Crippen LogP contribution in [0.25, 0.3) is 0 Å². The third-order valence-electron chi connectivity index (χ3n) is 4.73. The van der Waals surface area contributed by atoms with Crippen LogP contribution in [0, 0.1) is 11.3 Å². The van der Waals surface area contributed by atoms with Crippen molar-refractivity contribution >= 4 is 11.6 Å². The monoisotopic (exact) mass is 340 g/mol. The van der Waals surface area contributed by atoms with Gasteiger partial charge in [0.05, 0.1) is 23.9 Å². The van der Waals surface area contributed by atoms with Crippen molar-refractivity contribution in [3.05, 3.63) is 101 Å². The van der Waals surface area contributed by atoms with Gasteiger partial charge in [0.1, 0.15) is 0 Å². The van der Waals surface area contributed by atoms with Crippen LogP contribution >= 0.6 is 0 Å². The molecule has 0 saturated heterocycles. The second-order valence-corrected chi connectivity index (χ2v) is 6.30. The number of aliphatic hydroxyl groups is 1. The molecule has 1 atom stereocenters. The van der Waals surface area contributed by atoms with Crippen molar-refractivity contribution in [2.75, 3.05) is 4.90 Å². The van der Waals surface area contributed by atoms with Gasteiger partial charge in [-0.15, -0.1) is 0 Å². The molecule has 3 aromatic carbocycles. The van der Waals surface area contributed by atoms with Crippen LogP contribution in [0.3, 0.4) is 0 Å². The van der Waals surface area contributed by atoms with Crippen molar-refractivity contribution in [3.8, 4) is 6.07 Å². The number of carbonyl (C=O) groups excluding carboxylic acids is 1. The molecule has 0 unspecified atom stereocenters. The molecule has 1 aliphatic rings. The van der Waals surface area contributed by atoms with Crippen molar-refractivity contribution in [1.82, 2.24) is 0 Å². The highest BCUT2D eigenvalue weighted by Crippen LogP contribution is 2.44. The van der Waals surface area contributed by atoms with E-state index < -0.39 is 5.60 Å². The fourth-order valence-corrected chi connectivity index (χ4v) is 3.47. The predicted octanol–water partition coefficient (Wildman–Crippen LogP) is 3.34. The Balaban J connectivity index is 1.80. The molecule has 4 rings (SSSR count). The lowest BCUT2D eigenvalue weighted by molar-refractivity contribution is -0.132. The number of para-hydroxylation sites is 1. The molecule has 4 nitrogen and oxygen atoms in total. The molecule has 1 amide bonds. The minimum Gasteiger partial charge on any atom is -0.372 e. The van der Waals surface area contributed by atoms with E-state index in [0.717, 1.165) is 5.56 Å². The van der Waals surface area contributed by atoms with E-state index in [1.165, 1.54) is 0 Å². The summed E-state index contributed by atoms with van der Waals surface area (Å²) in [5.74, 6) is -0.382. The molecular weight excluding hydrogens is 324 g/mol. The normalized spacial score (nSPS) is 18.5. The largest absolute Gasteiger partial charge is 0.372 e. The van der Waals surface area contributed by atoms with Crippen LogP contribution in [0.5, 0.6) is 0 Å². The van der Waals surface area contributed by atoms with Crippen LogP contribution in [0.4, 0.5) is 5.69 Å². The second kappa shape index (κ2) is 6.14. The molecule has 1 aliphatic heterocycles. The fourth-order valence-electron chi connectivity index (χ4n) is 3.47. The average Bonchev–Trinajstić information content (AvgIpc) is 2.92. The summed E-state index contributed by atoms with van der Waals surface area (Å²) < 4.78 is 0. The first-order valence-corrected chi connectivity index (χ1v) is 8.33. The predicted molar refractivity (Wildman–Crippen MR) is 98.2 cm³/mol. The highest BCUT2D eigenvalue weighted by atomic mass is 16.3. The molecular formula is C22H16N2O2. The summed E-state index contributed by atoms with van der Waals surface area (Å²) in [7, 11) is 0. The number of amides is 1. The highest BCUT2D eigenvalue weighted by Gasteiger charge is 2.50. The van der Waals surface area contributed by atoms with Crippen molar-refractivity contribution in [1.29, 1.82) is 5.26 Å². The molecule has 126 valence electrons. The van der Waals surface area contributed by atoms with E-state index in [-0.39, 0.29) is 5.91 Å². The summed E-state index contributed by atoms with van der Waals surface area (Å²) in [6.07, 6.45) is 0. The molecule has 26 heavy (non-hydrogen) atoms. The van der Waals surface area contributed by atoms with Crippen LogP contribution < -0.4 is 4.90 Å². The number of anilines is 1. The third-order valence-corrected chi connectivity index (χ3v) is 4.73. The second-order valence-electron chi connectivity index (χ2n) is 6.30. The SMILES string of the molecule is N#Cc1cccc(CN2C(=O)[C@](O)(c3ccccc3)c3ccccc32)c1. The topological polar surface area (TPSA) is 64.3 Å². The molecule has 4 heteroatoms. The zero-order valence-corrected chi connectivity index (χ0v) is 14.0. The van der Waals surface area contributed by atoms with Gasteiger partial charge in [0.15, 0.2) is 5.60 Å². The summed E-state index contributed by atoms with van der Waals surface area (Å²) in [4.78, 5) is 14.8. The number of carbonyl (C=O) groups is 1. The zero-order chi connectivity index (χ0) is 18.1. The van der Waals surface area contributed by atoms with Gasteiger partial charge < -0.3 is 10.0 Å². The van der Waals surface area contributed by atoms with Gasteiger partial charge in [-0.3, -0.25) is 4.79 Å². The van der Waals surface area contributed by atoms with Crippen molar-refractivity contribution in [2.45, 2.75) is 12.1 Å². The first-order chi connectivity index (χ1) is 12.6. The van der Waals surface area contributed by atoms with E-state index in [2.05, 4.69) is 6.07 Å². The summed E-state index contributed by atoms with van der Waals surface area (Å²) in [5.41, 5.74) is 1.49. The lowest BCUT2D eigenvalue weighted by Gasteiger charge is -2.23. The Morgan fingerprint density at radius 3 is 2.46 bits per heavy atom. The fraction of sp³-hybridized carbons (Fsp3) is 0.0909. The number of hydrogen-bond donors (Lipinski definition) is 1. The molecule has 0 bridgehead atoms. The van der Waals surface area contributed by atoms with Crippen molar-refractivity contribution in [3.63, 3.8) is 0 Å². The van der Waals surface area contributed by atoms with Gasteiger partial charge in [0.2, 0.25) is 0 Å². The minimum atomic E-state index is -1.70. The molecule has 0 aliphatic carbocycles. The zero-order valence-electron chi connectivity index (χ0n) is 14.0. The first-order valence-electron chi connectivity index (χ1n) is 8.33. The number of fused-ring (bicyclic) bond motifs is 1. The number of benzene rings is 3. The van der Waals surface area contributed by atoms with Crippen LogP contribution in [0.2, 0.25) is 0 Å². The molecule has 0 radical (unpaired) electrons. The van der Waals surface area contributed by atoms with Crippen molar-refractivity contribution in [2.24, 2.45) is 0 Å².